The van der Waals surface area contributed by atoms with Crippen molar-refractivity contribution >= 4 is 10.0 Å². The van der Waals surface area contributed by atoms with E-state index in [4.69, 9.17) is 4.74 Å². The number of ether oxygens (including phenoxy) is 1. The summed E-state index contributed by atoms with van der Waals surface area (Å²) in [6.45, 7) is 6.37. The fraction of sp³-hybridized carbons (Fsp3) is 0.480. The zero-order chi connectivity index (χ0) is 24.9. The summed E-state index contributed by atoms with van der Waals surface area (Å²) < 4.78 is 34.7. The lowest BCUT2D eigenvalue weighted by molar-refractivity contribution is 0.0733. The molecule has 2 heterocycles. The van der Waals surface area contributed by atoms with Gasteiger partial charge in [0, 0.05) is 49.6 Å². The third-order valence-corrected chi connectivity index (χ3v) is 7.78. The molecule has 0 bridgehead atoms. The van der Waals surface area contributed by atoms with Gasteiger partial charge in [0.05, 0.1) is 6.61 Å². The number of pyridine rings is 1. The summed E-state index contributed by atoms with van der Waals surface area (Å²) in [7, 11) is -1.92. The number of aromatic nitrogens is 1. The summed E-state index contributed by atoms with van der Waals surface area (Å²) in [5, 5.41) is 19.3. The lowest BCUT2D eigenvalue weighted by Crippen LogP contribution is -2.49. The lowest BCUT2D eigenvalue weighted by Gasteiger charge is -2.37. The van der Waals surface area contributed by atoms with Crippen LogP contribution in [0.15, 0.2) is 47.6 Å². The van der Waals surface area contributed by atoms with E-state index in [9.17, 15) is 18.6 Å². The number of benzene rings is 1. The molecule has 0 radical (unpaired) electrons. The highest BCUT2D eigenvalue weighted by molar-refractivity contribution is 7.89. The molecule has 0 aliphatic carbocycles. The molecule has 0 saturated heterocycles. The van der Waals surface area contributed by atoms with Crippen molar-refractivity contribution in [3.05, 3.63) is 53.9 Å². The third-order valence-electron chi connectivity index (χ3n) is 5.76. The van der Waals surface area contributed by atoms with Crippen molar-refractivity contribution in [1.29, 1.82) is 0 Å². The van der Waals surface area contributed by atoms with Crippen molar-refractivity contribution < 1.29 is 23.4 Å². The van der Waals surface area contributed by atoms with Gasteiger partial charge < -0.3 is 14.9 Å². The van der Waals surface area contributed by atoms with Crippen LogP contribution in [0.1, 0.15) is 31.9 Å². The van der Waals surface area contributed by atoms with Crippen molar-refractivity contribution in [2.24, 2.45) is 5.92 Å². The van der Waals surface area contributed by atoms with Gasteiger partial charge in [0.1, 0.15) is 22.9 Å². The summed E-state index contributed by atoms with van der Waals surface area (Å²) in [6.07, 6.45) is 2.43. The molecule has 184 valence electrons. The Morgan fingerprint density at radius 2 is 2.09 bits per heavy atom. The first-order chi connectivity index (χ1) is 16.1. The van der Waals surface area contributed by atoms with Gasteiger partial charge in [0.25, 0.3) is 0 Å². The van der Waals surface area contributed by atoms with E-state index >= 15 is 0 Å². The molecule has 1 aromatic heterocycles. The molecule has 9 heteroatoms. The molecule has 2 aromatic rings. The maximum Gasteiger partial charge on any atom is 0.247 e. The van der Waals surface area contributed by atoms with E-state index in [0.717, 1.165) is 5.56 Å². The summed E-state index contributed by atoms with van der Waals surface area (Å²) in [5.41, 5.74) is 1.62. The highest BCUT2D eigenvalue weighted by Crippen LogP contribution is 2.34. The normalized spacial score (nSPS) is 21.9. The van der Waals surface area contributed by atoms with Crippen LogP contribution in [-0.2, 0) is 16.6 Å². The standard InChI is InChI=1S/C25H33N3O5S/c1-18-14-28(19(2)17-29)34(31,32)25-10-9-21(8-7-20(3)30)12-23(25)33-24(18)16-27(4)15-22-6-5-11-26-13-22/h5-6,9-13,18-20,24,29-30H,14-17H2,1-4H3/t18-,19-,20-,24+/m1/s1. The maximum absolute atomic E-state index is 13.5. The van der Waals surface area contributed by atoms with Crippen LogP contribution in [0.3, 0.4) is 0 Å². The summed E-state index contributed by atoms with van der Waals surface area (Å²) in [4.78, 5) is 6.32. The van der Waals surface area contributed by atoms with Gasteiger partial charge in [-0.3, -0.25) is 9.88 Å². The van der Waals surface area contributed by atoms with Gasteiger partial charge in [-0.05, 0) is 50.7 Å². The zero-order valence-electron chi connectivity index (χ0n) is 20.0. The Hall–Kier alpha value is -2.48. The van der Waals surface area contributed by atoms with Crippen LogP contribution in [0.4, 0.5) is 0 Å². The number of rotatable bonds is 6. The van der Waals surface area contributed by atoms with Gasteiger partial charge >= 0.3 is 0 Å². The number of sulfonamides is 1. The van der Waals surface area contributed by atoms with Crippen LogP contribution >= 0.6 is 0 Å². The second-order valence-corrected chi connectivity index (χ2v) is 10.8. The van der Waals surface area contributed by atoms with Crippen molar-refractivity contribution in [3.8, 4) is 17.6 Å². The molecule has 3 rings (SSSR count). The molecule has 1 aliphatic heterocycles. The average molecular weight is 488 g/mol. The van der Waals surface area contributed by atoms with E-state index in [2.05, 4.69) is 21.7 Å². The SMILES string of the molecule is C[C@@H]1CN([C@H](C)CO)S(=O)(=O)c2ccc(C#C[C@@H](C)O)cc2O[C@H]1CN(C)Cc1cccnc1. The number of nitrogens with zero attached hydrogens (tertiary/aromatic N) is 3. The van der Waals surface area contributed by atoms with Gasteiger partial charge in [0.2, 0.25) is 10.0 Å². The number of hydrogen-bond acceptors (Lipinski definition) is 7. The van der Waals surface area contributed by atoms with E-state index in [1.165, 1.54) is 10.4 Å². The topological polar surface area (TPSA) is 103 Å². The molecule has 1 aliphatic rings. The van der Waals surface area contributed by atoms with Gasteiger partial charge in [-0.1, -0.05) is 24.8 Å². The van der Waals surface area contributed by atoms with Crippen LogP contribution < -0.4 is 4.74 Å². The Morgan fingerprint density at radius 3 is 2.74 bits per heavy atom. The predicted molar refractivity (Wildman–Crippen MR) is 130 cm³/mol. The van der Waals surface area contributed by atoms with Crippen molar-refractivity contribution in [2.45, 2.75) is 50.5 Å². The number of aliphatic hydroxyl groups is 2. The molecular weight excluding hydrogens is 454 g/mol. The molecule has 8 nitrogen and oxygen atoms in total. The minimum absolute atomic E-state index is 0.0437. The minimum Gasteiger partial charge on any atom is -0.487 e. The number of likely N-dealkylation sites (N-methyl/N-ethyl adjacent to an activating group) is 1. The van der Waals surface area contributed by atoms with E-state index in [0.29, 0.717) is 18.7 Å². The Kier molecular flexibility index (Phi) is 8.68. The zero-order valence-corrected chi connectivity index (χ0v) is 20.9. The fourth-order valence-electron chi connectivity index (χ4n) is 3.88. The van der Waals surface area contributed by atoms with E-state index < -0.39 is 22.2 Å². The van der Waals surface area contributed by atoms with Crippen molar-refractivity contribution in [2.75, 3.05) is 26.7 Å². The van der Waals surface area contributed by atoms with Crippen LogP contribution in [0, 0.1) is 17.8 Å². The molecule has 0 spiro atoms. The number of aliphatic hydroxyl groups excluding tert-OH is 2. The third kappa shape index (κ3) is 6.34. The first-order valence-corrected chi connectivity index (χ1v) is 12.8. The highest BCUT2D eigenvalue weighted by Gasteiger charge is 2.38. The first-order valence-electron chi connectivity index (χ1n) is 11.3. The molecule has 0 unspecified atom stereocenters. The molecule has 1 aromatic carbocycles. The Balaban J connectivity index is 1.99. The summed E-state index contributed by atoms with van der Waals surface area (Å²) in [6, 6.07) is 8.01. The molecule has 4 atom stereocenters. The van der Waals surface area contributed by atoms with Crippen LogP contribution in [0.5, 0.6) is 5.75 Å². The predicted octanol–water partition coefficient (Wildman–Crippen LogP) is 1.71. The molecule has 0 saturated carbocycles. The van der Waals surface area contributed by atoms with Crippen LogP contribution in [0.25, 0.3) is 0 Å². The fourth-order valence-corrected chi connectivity index (χ4v) is 5.71. The maximum atomic E-state index is 13.5. The van der Waals surface area contributed by atoms with Gasteiger partial charge in [-0.2, -0.15) is 4.31 Å². The van der Waals surface area contributed by atoms with E-state index in [1.807, 2.05) is 32.3 Å². The van der Waals surface area contributed by atoms with Gasteiger partial charge in [0.15, 0.2) is 0 Å². The number of fused-ring (bicyclic) bond motifs is 1. The molecule has 2 N–H and O–H groups in total. The average Bonchev–Trinajstić information content (AvgIpc) is 2.80. The van der Waals surface area contributed by atoms with E-state index in [-0.39, 0.29) is 35.8 Å². The quantitative estimate of drug-likeness (QED) is 0.598. The lowest BCUT2D eigenvalue weighted by atomic mass is 10.0. The second kappa shape index (κ2) is 11.3. The van der Waals surface area contributed by atoms with Crippen LogP contribution in [0.2, 0.25) is 0 Å². The van der Waals surface area contributed by atoms with Gasteiger partial charge in [-0.25, -0.2) is 8.42 Å². The van der Waals surface area contributed by atoms with E-state index in [1.54, 1.807) is 32.2 Å². The molecule has 34 heavy (non-hydrogen) atoms. The Bertz CT molecular complexity index is 1130. The highest BCUT2D eigenvalue weighted by atomic mass is 32.2. The van der Waals surface area contributed by atoms with Crippen molar-refractivity contribution in [3.63, 3.8) is 0 Å². The Morgan fingerprint density at radius 1 is 1.32 bits per heavy atom. The monoisotopic (exact) mass is 487 g/mol. The second-order valence-electron chi connectivity index (χ2n) is 8.90. The largest absolute Gasteiger partial charge is 0.487 e. The van der Waals surface area contributed by atoms with Gasteiger partial charge in [-0.15, -0.1) is 0 Å². The summed E-state index contributed by atoms with van der Waals surface area (Å²) in [5.74, 6) is 5.60. The smallest absolute Gasteiger partial charge is 0.247 e. The van der Waals surface area contributed by atoms with Crippen molar-refractivity contribution in [1.82, 2.24) is 14.2 Å². The first kappa shape index (κ1) is 26.1. The summed E-state index contributed by atoms with van der Waals surface area (Å²) >= 11 is 0. The van der Waals surface area contributed by atoms with Crippen LogP contribution in [-0.4, -0.2) is 77.8 Å². The minimum atomic E-state index is -3.91. The molecule has 0 amide bonds. The molecule has 0 fully saturated rings. The Labute approximate surface area is 202 Å². The molecular formula is C25H33N3O5S. The number of hydrogen-bond donors (Lipinski definition) is 2.